The van der Waals surface area contributed by atoms with E-state index < -0.39 is 5.54 Å². The van der Waals surface area contributed by atoms with Gasteiger partial charge in [0.2, 0.25) is 0 Å². The van der Waals surface area contributed by atoms with Crippen LogP contribution in [0.5, 0.6) is 0 Å². The number of aryl methyl sites for hydroxylation is 1. The molecule has 1 aromatic carbocycles. The highest BCUT2D eigenvalue weighted by atomic mass is 16.5. The number of ether oxygens (including phenoxy) is 1. The van der Waals surface area contributed by atoms with Gasteiger partial charge in [-0.15, -0.1) is 0 Å². The summed E-state index contributed by atoms with van der Waals surface area (Å²) >= 11 is 0. The van der Waals surface area contributed by atoms with Gasteiger partial charge in [0.25, 0.3) is 0 Å². The Bertz CT molecular complexity index is 499. The molecule has 0 aromatic heterocycles. The molecule has 1 fully saturated rings. The number of carbonyl (C=O) groups is 1. The molecule has 4 nitrogen and oxygen atoms in total. The molecule has 4 heteroatoms. The topological polar surface area (TPSA) is 41.6 Å². The van der Waals surface area contributed by atoms with E-state index in [2.05, 4.69) is 36.2 Å². The summed E-state index contributed by atoms with van der Waals surface area (Å²) in [5.41, 5.74) is 1.81. The van der Waals surface area contributed by atoms with Gasteiger partial charge in [-0.05, 0) is 51.3 Å². The second-order valence-corrected chi connectivity index (χ2v) is 5.79. The summed E-state index contributed by atoms with van der Waals surface area (Å²) in [6.07, 6.45) is 2.17. The van der Waals surface area contributed by atoms with Gasteiger partial charge in [0, 0.05) is 18.8 Å². The Morgan fingerprint density at radius 1 is 1.43 bits per heavy atom. The van der Waals surface area contributed by atoms with Gasteiger partial charge >= 0.3 is 5.97 Å². The van der Waals surface area contributed by atoms with Gasteiger partial charge in [0.15, 0.2) is 0 Å². The van der Waals surface area contributed by atoms with E-state index in [9.17, 15) is 4.79 Å². The lowest BCUT2D eigenvalue weighted by atomic mass is 9.92. The number of esters is 1. The quantitative estimate of drug-likeness (QED) is 0.783. The van der Waals surface area contributed by atoms with Crippen molar-refractivity contribution in [3.8, 4) is 0 Å². The van der Waals surface area contributed by atoms with Crippen LogP contribution in [0.4, 0.5) is 5.69 Å². The van der Waals surface area contributed by atoms with Crippen LogP contribution in [0.25, 0.3) is 0 Å². The Morgan fingerprint density at radius 3 is 2.57 bits per heavy atom. The highest BCUT2D eigenvalue weighted by Crippen LogP contribution is 2.41. The van der Waals surface area contributed by atoms with Crippen molar-refractivity contribution in [1.82, 2.24) is 5.32 Å². The largest absolute Gasteiger partial charge is 0.468 e. The molecule has 0 aliphatic heterocycles. The Kier molecular flexibility index (Phi) is 4.88. The predicted octanol–water partition coefficient (Wildman–Crippen LogP) is 2.36. The second-order valence-electron chi connectivity index (χ2n) is 5.79. The molecular formula is C17H26N2O2. The molecular weight excluding hydrogens is 264 g/mol. The summed E-state index contributed by atoms with van der Waals surface area (Å²) < 4.78 is 5.09. The van der Waals surface area contributed by atoms with Crippen molar-refractivity contribution >= 4 is 11.7 Å². The number of benzene rings is 1. The molecule has 1 aliphatic carbocycles. The first-order chi connectivity index (χ1) is 10.1. The van der Waals surface area contributed by atoms with Gasteiger partial charge in [0.1, 0.15) is 5.54 Å². The zero-order valence-electron chi connectivity index (χ0n) is 13.5. The van der Waals surface area contributed by atoms with E-state index in [1.54, 1.807) is 0 Å². The van der Waals surface area contributed by atoms with Gasteiger partial charge in [-0.2, -0.15) is 0 Å². The number of para-hydroxylation sites is 1. The molecule has 116 valence electrons. The van der Waals surface area contributed by atoms with Gasteiger partial charge in [-0.25, -0.2) is 4.79 Å². The Hall–Kier alpha value is -1.55. The number of likely N-dealkylation sites (N-methyl/N-ethyl adjacent to an activating group) is 2. The summed E-state index contributed by atoms with van der Waals surface area (Å²) in [5, 5.41) is 3.27. The van der Waals surface area contributed by atoms with E-state index in [1.807, 2.05) is 19.2 Å². The summed E-state index contributed by atoms with van der Waals surface area (Å²) in [5.74, 6) is 0.215. The predicted molar refractivity (Wildman–Crippen MR) is 85.6 cm³/mol. The van der Waals surface area contributed by atoms with E-state index in [4.69, 9.17) is 4.74 Å². The molecule has 0 saturated heterocycles. The molecule has 0 spiro atoms. The van der Waals surface area contributed by atoms with Gasteiger partial charge in [-0.1, -0.05) is 18.2 Å². The van der Waals surface area contributed by atoms with Crippen molar-refractivity contribution in [3.63, 3.8) is 0 Å². The summed E-state index contributed by atoms with van der Waals surface area (Å²) in [7, 11) is 3.34. The minimum absolute atomic E-state index is 0.153. The zero-order chi connectivity index (χ0) is 15.5. The third-order valence-electron chi connectivity index (χ3n) is 4.55. The average Bonchev–Trinajstić information content (AvgIpc) is 3.34. The van der Waals surface area contributed by atoms with Gasteiger partial charge in [0.05, 0.1) is 7.11 Å². The van der Waals surface area contributed by atoms with Crippen LogP contribution in [0.3, 0.4) is 0 Å². The highest BCUT2D eigenvalue weighted by molar-refractivity contribution is 5.83. The van der Waals surface area contributed by atoms with Crippen LogP contribution in [0, 0.1) is 12.8 Å². The minimum Gasteiger partial charge on any atom is -0.468 e. The standard InChI is InChI=1S/C17H26N2O2/c1-5-19(15-9-7-6-8-13(15)2)12-17(18-3,14-10-11-14)16(20)21-4/h6-9,14,18H,5,10-12H2,1-4H3. The van der Waals surface area contributed by atoms with Crippen molar-refractivity contribution in [2.75, 3.05) is 32.1 Å². The van der Waals surface area contributed by atoms with Crippen LogP contribution in [-0.4, -0.2) is 38.8 Å². The molecule has 0 amide bonds. The maximum atomic E-state index is 12.4. The van der Waals surface area contributed by atoms with Gasteiger partial charge < -0.3 is 15.0 Å². The molecule has 1 aromatic rings. The summed E-state index contributed by atoms with van der Waals surface area (Å²) in [4.78, 5) is 14.7. The number of anilines is 1. The van der Waals surface area contributed by atoms with Crippen molar-refractivity contribution < 1.29 is 9.53 Å². The van der Waals surface area contributed by atoms with Gasteiger partial charge in [-0.3, -0.25) is 0 Å². The normalized spacial score (nSPS) is 17.1. The van der Waals surface area contributed by atoms with Crippen molar-refractivity contribution in [2.24, 2.45) is 5.92 Å². The fourth-order valence-electron chi connectivity index (χ4n) is 3.09. The fraction of sp³-hybridized carbons (Fsp3) is 0.588. The maximum Gasteiger partial charge on any atom is 0.328 e. The van der Waals surface area contributed by atoms with Crippen molar-refractivity contribution in [1.29, 1.82) is 0 Å². The second kappa shape index (κ2) is 6.48. The van der Waals surface area contributed by atoms with E-state index in [-0.39, 0.29) is 5.97 Å². The van der Waals surface area contributed by atoms with Crippen molar-refractivity contribution in [2.45, 2.75) is 32.2 Å². The molecule has 0 radical (unpaired) electrons. The Labute approximate surface area is 127 Å². The van der Waals surface area contributed by atoms with E-state index >= 15 is 0 Å². The van der Waals surface area contributed by atoms with Crippen LogP contribution in [0.2, 0.25) is 0 Å². The monoisotopic (exact) mass is 290 g/mol. The molecule has 1 aliphatic rings. The minimum atomic E-state index is -0.604. The third-order valence-corrected chi connectivity index (χ3v) is 4.55. The lowest BCUT2D eigenvalue weighted by Gasteiger charge is -2.37. The molecule has 21 heavy (non-hydrogen) atoms. The van der Waals surface area contributed by atoms with Crippen LogP contribution >= 0.6 is 0 Å². The molecule has 2 rings (SSSR count). The molecule has 1 atom stereocenters. The van der Waals surface area contributed by atoms with Crippen LogP contribution < -0.4 is 10.2 Å². The van der Waals surface area contributed by atoms with E-state index in [1.165, 1.54) is 18.4 Å². The molecule has 0 heterocycles. The van der Waals surface area contributed by atoms with E-state index in [0.29, 0.717) is 12.5 Å². The first kappa shape index (κ1) is 15.8. The number of hydrogen-bond donors (Lipinski definition) is 1. The summed E-state index contributed by atoms with van der Waals surface area (Å²) in [6.45, 7) is 5.73. The number of nitrogens with one attached hydrogen (secondary N) is 1. The first-order valence-corrected chi connectivity index (χ1v) is 7.67. The number of methoxy groups -OCH3 is 1. The molecule has 1 N–H and O–H groups in total. The molecule has 0 bridgehead atoms. The van der Waals surface area contributed by atoms with Crippen LogP contribution in [-0.2, 0) is 9.53 Å². The first-order valence-electron chi connectivity index (χ1n) is 7.67. The number of hydrogen-bond acceptors (Lipinski definition) is 4. The smallest absolute Gasteiger partial charge is 0.328 e. The average molecular weight is 290 g/mol. The number of carbonyl (C=O) groups excluding carboxylic acids is 1. The van der Waals surface area contributed by atoms with Crippen LogP contribution in [0.1, 0.15) is 25.3 Å². The maximum absolute atomic E-state index is 12.4. The fourth-order valence-corrected chi connectivity index (χ4v) is 3.09. The molecule has 1 unspecified atom stereocenters. The number of nitrogens with zero attached hydrogens (tertiary/aromatic N) is 1. The lowest BCUT2D eigenvalue weighted by molar-refractivity contribution is -0.149. The van der Waals surface area contributed by atoms with E-state index in [0.717, 1.165) is 19.4 Å². The third kappa shape index (κ3) is 3.05. The summed E-state index contributed by atoms with van der Waals surface area (Å²) in [6, 6.07) is 8.30. The lowest BCUT2D eigenvalue weighted by Crippen LogP contribution is -2.60. The van der Waals surface area contributed by atoms with Crippen LogP contribution in [0.15, 0.2) is 24.3 Å². The Morgan fingerprint density at radius 2 is 2.10 bits per heavy atom. The van der Waals surface area contributed by atoms with Crippen molar-refractivity contribution in [3.05, 3.63) is 29.8 Å². The SMILES string of the molecule is CCN(CC(NC)(C(=O)OC)C1CC1)c1ccccc1C. The number of rotatable bonds is 7. The Balaban J connectivity index is 2.30. The zero-order valence-corrected chi connectivity index (χ0v) is 13.5. The highest BCUT2D eigenvalue weighted by Gasteiger charge is 2.51. The molecule has 1 saturated carbocycles.